The van der Waals surface area contributed by atoms with Crippen LogP contribution in [0.3, 0.4) is 0 Å². The van der Waals surface area contributed by atoms with E-state index in [-0.39, 0.29) is 24.7 Å². The molecule has 3 N–H and O–H groups in total. The zero-order chi connectivity index (χ0) is 40.2. The lowest BCUT2D eigenvalue weighted by molar-refractivity contribution is -0.311. The van der Waals surface area contributed by atoms with Crippen LogP contribution < -0.4 is 0 Å². The lowest BCUT2D eigenvalue weighted by Gasteiger charge is -2.52. The van der Waals surface area contributed by atoms with Crippen LogP contribution >= 0.6 is 0 Å². The van der Waals surface area contributed by atoms with Gasteiger partial charge < -0.3 is 62.4 Å². The van der Waals surface area contributed by atoms with E-state index in [4.69, 9.17) is 47.0 Å². The topological polar surface area (TPSA) is 190 Å². The van der Waals surface area contributed by atoms with Crippen molar-refractivity contribution >= 4 is 18.9 Å². The van der Waals surface area contributed by atoms with Crippen molar-refractivity contribution < 1.29 is 71.9 Å². The van der Waals surface area contributed by atoms with E-state index in [9.17, 15) is 24.9 Å². The van der Waals surface area contributed by atoms with Gasteiger partial charge in [0.25, 0.3) is 0 Å². The Bertz CT molecular complexity index is 1490. The fraction of sp³-hybridized carbons (Fsp3) is 0.950. The number of carbonyl (C=O) groups is 2. The number of esters is 2. The van der Waals surface area contributed by atoms with Gasteiger partial charge in [-0.15, -0.1) is 0 Å². The van der Waals surface area contributed by atoms with Crippen molar-refractivity contribution in [2.45, 2.75) is 217 Å². The Balaban J connectivity index is 1.26. The summed E-state index contributed by atoms with van der Waals surface area (Å²) in [5.41, 5.74) is -1.62. The number of epoxide rings is 1. The lowest BCUT2D eigenvalue weighted by Crippen LogP contribution is -2.61. The number of aliphatic hydroxyl groups is 3. The number of cyclic esters (lactones) is 1. The standard InChI is InChI=1S/C40H64BO15/c1-20-12-16-31-37(5,6)29(43)11-9-10-24-18-27(23(4)47-24)50-36(46)34-40-21(2)13-17-32(52-40)38(7,8)30(44)15-14-25-28(48-25)19-26(22(3)42)49-35(45)33-39(20,51-31)55-41(53-33,54-34)56-40/h20-34,42-44H,9-19H2,1-8H3/q-1. The zero-order valence-corrected chi connectivity index (χ0v) is 34.3. The summed E-state index contributed by atoms with van der Waals surface area (Å²) < 4.78 is 65.5. The van der Waals surface area contributed by atoms with E-state index in [1.54, 1.807) is 6.92 Å². The van der Waals surface area contributed by atoms with Gasteiger partial charge in [-0.3, -0.25) is 0 Å². The Morgan fingerprint density at radius 3 is 1.79 bits per heavy atom. The van der Waals surface area contributed by atoms with E-state index in [2.05, 4.69) is 0 Å². The van der Waals surface area contributed by atoms with E-state index in [0.717, 1.165) is 0 Å². The van der Waals surface area contributed by atoms with Gasteiger partial charge in [0.15, 0.2) is 23.8 Å². The van der Waals surface area contributed by atoms with E-state index in [1.165, 1.54) is 0 Å². The number of rotatable bonds is 1. The third kappa shape index (κ3) is 6.97. The molecule has 0 aromatic carbocycles. The fourth-order valence-electron chi connectivity index (χ4n) is 10.6. The summed E-state index contributed by atoms with van der Waals surface area (Å²) in [7, 11) is 0. The molecule has 0 radical (unpaired) electrons. The van der Waals surface area contributed by atoms with Crippen LogP contribution in [0.25, 0.3) is 0 Å². The largest absolute Gasteiger partial charge is 0.536 e. The Hall–Kier alpha value is -1.44. The van der Waals surface area contributed by atoms with Crippen LogP contribution in [-0.4, -0.2) is 125 Å². The molecule has 8 rings (SSSR count). The van der Waals surface area contributed by atoms with Gasteiger partial charge in [-0.25, -0.2) is 9.59 Å². The molecular formula is C40H64BO15-. The van der Waals surface area contributed by atoms with Crippen molar-refractivity contribution in [3.63, 3.8) is 0 Å². The molecule has 0 saturated carbocycles. The molecule has 8 aliphatic rings. The summed E-state index contributed by atoms with van der Waals surface area (Å²) in [6, 6.07) is 0. The number of ether oxygens (including phenoxy) is 6. The van der Waals surface area contributed by atoms with Crippen LogP contribution in [0.15, 0.2) is 0 Å². The smallest absolute Gasteiger partial charge is 0.504 e. The molecule has 0 aromatic rings. The van der Waals surface area contributed by atoms with Crippen molar-refractivity contribution in [3.8, 4) is 0 Å². The second-order valence-electron chi connectivity index (χ2n) is 19.5. The minimum Gasteiger partial charge on any atom is -0.504 e. The molecule has 18 unspecified atom stereocenters. The van der Waals surface area contributed by atoms with E-state index >= 15 is 0 Å². The SMILES string of the molecule is CC(O)C1CC2OC2CCC(O)C(C)(C)C2CCC(C)C3(O2)O[B-]24OC(C(=O)O1)C1(OC(CCC1C)C(C)(C)C(O)CCCC1CC(OC(=O)C3O2)C(C)O1)O4. The van der Waals surface area contributed by atoms with Crippen molar-refractivity contribution in [2.24, 2.45) is 22.7 Å². The highest BCUT2D eigenvalue weighted by atomic mass is 17.0. The first-order chi connectivity index (χ1) is 26.3. The van der Waals surface area contributed by atoms with Gasteiger partial charge in [0.2, 0.25) is 0 Å². The molecule has 8 aliphatic heterocycles. The van der Waals surface area contributed by atoms with Crippen molar-refractivity contribution in [1.29, 1.82) is 0 Å². The Kier molecular flexibility index (Phi) is 10.8. The third-order valence-electron chi connectivity index (χ3n) is 14.9. The number of carbonyl (C=O) groups excluding carboxylic acids is 2. The molecule has 15 nitrogen and oxygen atoms in total. The Labute approximate surface area is 330 Å². The minimum atomic E-state index is -3.47. The summed E-state index contributed by atoms with van der Waals surface area (Å²) in [6.45, 7) is 11.5. The molecule has 0 aliphatic carbocycles. The summed E-state index contributed by atoms with van der Waals surface area (Å²) in [5.74, 6) is -6.25. The highest BCUT2D eigenvalue weighted by molar-refractivity contribution is 6.56. The highest BCUT2D eigenvalue weighted by Crippen LogP contribution is 2.57. The van der Waals surface area contributed by atoms with E-state index in [1.807, 2.05) is 48.5 Å². The maximum Gasteiger partial charge on any atom is 0.536 e. The Morgan fingerprint density at radius 1 is 0.661 bits per heavy atom. The summed E-state index contributed by atoms with van der Waals surface area (Å²) in [4.78, 5) is 29.3. The van der Waals surface area contributed by atoms with E-state index in [0.29, 0.717) is 64.2 Å². The van der Waals surface area contributed by atoms with Crippen molar-refractivity contribution in [3.05, 3.63) is 0 Å². The molecule has 56 heavy (non-hydrogen) atoms. The molecule has 0 aromatic heterocycles. The van der Waals surface area contributed by atoms with Gasteiger partial charge in [-0.1, -0.05) is 41.5 Å². The maximum atomic E-state index is 14.7. The first kappa shape index (κ1) is 41.3. The predicted octanol–water partition coefficient (Wildman–Crippen LogP) is 3.57. The van der Waals surface area contributed by atoms with Gasteiger partial charge >= 0.3 is 18.9 Å². The van der Waals surface area contributed by atoms with Gasteiger partial charge in [-0.05, 0) is 71.6 Å². The highest BCUT2D eigenvalue weighted by Gasteiger charge is 2.73. The minimum absolute atomic E-state index is 0.172. The lowest BCUT2D eigenvalue weighted by atomic mass is 9.73. The normalized spacial score (nSPS) is 52.3. The number of fused-ring (bicyclic) bond motifs is 7. The number of hydrogen-bond donors (Lipinski definition) is 3. The van der Waals surface area contributed by atoms with Gasteiger partial charge in [-0.2, -0.15) is 0 Å². The molecule has 8 fully saturated rings. The van der Waals surface area contributed by atoms with E-state index < -0.39 is 114 Å². The average molecular weight is 796 g/mol. The van der Waals surface area contributed by atoms with Gasteiger partial charge in [0.1, 0.15) is 12.2 Å². The molecule has 9 bridgehead atoms. The fourth-order valence-corrected chi connectivity index (χ4v) is 10.6. The molecule has 3 spiro atoms. The molecule has 318 valence electrons. The molecule has 18 atom stereocenters. The van der Waals surface area contributed by atoms with Crippen LogP contribution in [0.2, 0.25) is 0 Å². The zero-order valence-electron chi connectivity index (χ0n) is 34.3. The molecule has 8 saturated heterocycles. The quantitative estimate of drug-likeness (QED) is 0.198. The monoisotopic (exact) mass is 795 g/mol. The second kappa shape index (κ2) is 14.6. The first-order valence-corrected chi connectivity index (χ1v) is 21.3. The molecular weight excluding hydrogens is 731 g/mol. The molecule has 8 heterocycles. The van der Waals surface area contributed by atoms with Crippen LogP contribution in [0.4, 0.5) is 0 Å². The van der Waals surface area contributed by atoms with Crippen LogP contribution in [0, 0.1) is 22.7 Å². The predicted molar refractivity (Wildman–Crippen MR) is 196 cm³/mol. The third-order valence-corrected chi connectivity index (χ3v) is 14.9. The van der Waals surface area contributed by atoms with Crippen LogP contribution in [0.1, 0.15) is 126 Å². The summed E-state index contributed by atoms with van der Waals surface area (Å²) in [6.07, 6.45) is -3.99. The first-order valence-electron chi connectivity index (χ1n) is 21.3. The summed E-state index contributed by atoms with van der Waals surface area (Å²) >= 11 is 0. The van der Waals surface area contributed by atoms with Crippen molar-refractivity contribution in [2.75, 3.05) is 0 Å². The second-order valence-corrected chi connectivity index (χ2v) is 19.5. The van der Waals surface area contributed by atoms with Crippen LogP contribution in [-0.2, 0) is 56.6 Å². The number of hydrogen-bond acceptors (Lipinski definition) is 15. The van der Waals surface area contributed by atoms with Gasteiger partial charge in [0, 0.05) is 35.5 Å². The van der Waals surface area contributed by atoms with Crippen molar-refractivity contribution in [1.82, 2.24) is 0 Å². The Morgan fingerprint density at radius 2 is 1.21 bits per heavy atom. The number of aliphatic hydroxyl groups excluding tert-OH is 3. The van der Waals surface area contributed by atoms with Gasteiger partial charge in [0.05, 0.1) is 54.9 Å². The molecule has 0 amide bonds. The maximum absolute atomic E-state index is 14.7. The molecule has 16 heteroatoms. The summed E-state index contributed by atoms with van der Waals surface area (Å²) in [5, 5.41) is 34.3. The average Bonchev–Trinajstić information content (AvgIpc) is 3.51. The van der Waals surface area contributed by atoms with Crippen LogP contribution in [0.5, 0.6) is 0 Å².